The molecule has 234 valence electrons. The molecule has 0 radical (unpaired) electrons. The van der Waals surface area contributed by atoms with E-state index in [9.17, 15) is 19.5 Å². The van der Waals surface area contributed by atoms with Crippen LogP contribution in [0, 0.1) is 17.8 Å². The van der Waals surface area contributed by atoms with Gasteiger partial charge in [-0.15, -0.1) is 0 Å². The average molecular weight is 596 g/mol. The summed E-state index contributed by atoms with van der Waals surface area (Å²) in [4.78, 5) is 43.1. The van der Waals surface area contributed by atoms with Crippen molar-refractivity contribution >= 4 is 18.1 Å². The molecule has 1 aliphatic heterocycles. The van der Waals surface area contributed by atoms with Crippen molar-refractivity contribution in [3.8, 4) is 0 Å². The van der Waals surface area contributed by atoms with E-state index < -0.39 is 36.3 Å². The molecule has 5 atom stereocenters. The van der Waals surface area contributed by atoms with Gasteiger partial charge in [0, 0.05) is 25.8 Å². The number of nitrogens with zero attached hydrogens (tertiary/aromatic N) is 3. The van der Waals surface area contributed by atoms with E-state index in [2.05, 4.69) is 15.6 Å². The summed E-state index contributed by atoms with van der Waals surface area (Å²) in [5, 5.41) is 20.7. The highest BCUT2D eigenvalue weighted by molar-refractivity contribution is 5.86. The van der Waals surface area contributed by atoms with Gasteiger partial charge in [0.1, 0.15) is 12.6 Å². The number of aliphatic hydroxyl groups excluding tert-OH is 1. The number of fused-ring (bicyclic) bond motifs is 1. The topological polar surface area (TPSA) is 133 Å². The summed E-state index contributed by atoms with van der Waals surface area (Å²) in [5.74, 6) is 0.171. The Morgan fingerprint density at radius 2 is 1.70 bits per heavy atom. The predicted octanol–water partition coefficient (Wildman–Crippen LogP) is 3.53. The summed E-state index contributed by atoms with van der Waals surface area (Å²) in [5.41, 5.74) is 1.53. The summed E-state index contributed by atoms with van der Waals surface area (Å²) in [6.07, 6.45) is 4.27. The van der Waals surface area contributed by atoms with Crippen LogP contribution < -0.4 is 10.6 Å². The molecule has 11 nitrogen and oxygen atoms in total. The Hall–Kier alpha value is -3.70. The molecule has 1 aromatic heterocycles. The highest BCUT2D eigenvalue weighted by Gasteiger charge is 2.40. The van der Waals surface area contributed by atoms with Gasteiger partial charge >= 0.3 is 12.2 Å². The third-order valence-electron chi connectivity index (χ3n) is 8.43. The quantitative estimate of drug-likeness (QED) is 0.359. The molecular formula is C32H45N5O6. The molecule has 2 fully saturated rings. The average Bonchev–Trinajstić information content (AvgIpc) is 3.02. The fourth-order valence-electron chi connectivity index (χ4n) is 6.03. The van der Waals surface area contributed by atoms with Gasteiger partial charge in [-0.2, -0.15) is 0 Å². The van der Waals surface area contributed by atoms with Crippen LogP contribution in [-0.4, -0.2) is 83.1 Å². The molecule has 11 heteroatoms. The number of β-amino-alcohol motifs (C(OH)–C–C–N with tert-alkyl or cyclic N) is 1. The van der Waals surface area contributed by atoms with E-state index in [4.69, 9.17) is 9.47 Å². The molecule has 1 saturated carbocycles. The number of amides is 3. The number of aliphatic hydroxyl groups is 1. The molecule has 2 aromatic rings. The van der Waals surface area contributed by atoms with Crippen LogP contribution in [0.15, 0.2) is 54.7 Å². The smallest absolute Gasteiger partial charge is 0.424 e. The Bertz CT molecular complexity index is 1180. The Labute approximate surface area is 253 Å². The maximum absolute atomic E-state index is 13.6. The van der Waals surface area contributed by atoms with E-state index in [1.165, 1.54) is 7.11 Å². The number of ether oxygens (including phenoxy) is 2. The highest BCUT2D eigenvalue weighted by atomic mass is 16.6. The Morgan fingerprint density at radius 3 is 2.35 bits per heavy atom. The van der Waals surface area contributed by atoms with Gasteiger partial charge in [-0.3, -0.25) is 9.78 Å². The second-order valence-corrected chi connectivity index (χ2v) is 11.9. The number of hydrogen-bond acceptors (Lipinski definition) is 8. The Balaban J connectivity index is 1.46. The zero-order valence-corrected chi connectivity index (χ0v) is 25.4. The monoisotopic (exact) mass is 595 g/mol. The van der Waals surface area contributed by atoms with E-state index in [0.29, 0.717) is 37.0 Å². The van der Waals surface area contributed by atoms with Crippen LogP contribution >= 0.6 is 0 Å². The lowest BCUT2D eigenvalue weighted by molar-refractivity contribution is -0.127. The van der Waals surface area contributed by atoms with E-state index >= 15 is 0 Å². The maximum atomic E-state index is 13.6. The first-order valence-corrected chi connectivity index (χ1v) is 15.2. The first kappa shape index (κ1) is 32.2. The predicted molar refractivity (Wildman–Crippen MR) is 160 cm³/mol. The Morgan fingerprint density at radius 1 is 1.00 bits per heavy atom. The third kappa shape index (κ3) is 9.14. The van der Waals surface area contributed by atoms with Crippen LogP contribution in [0.3, 0.4) is 0 Å². The first-order chi connectivity index (χ1) is 20.7. The van der Waals surface area contributed by atoms with Gasteiger partial charge in [0.25, 0.3) is 0 Å². The summed E-state index contributed by atoms with van der Waals surface area (Å²) < 4.78 is 10.4. The lowest BCUT2D eigenvalue weighted by Gasteiger charge is -2.48. The van der Waals surface area contributed by atoms with Crippen LogP contribution in [0.2, 0.25) is 0 Å². The lowest BCUT2D eigenvalue weighted by atomic mass is 9.77. The van der Waals surface area contributed by atoms with Gasteiger partial charge in [-0.1, -0.05) is 63.1 Å². The molecule has 1 aliphatic carbocycles. The van der Waals surface area contributed by atoms with Gasteiger partial charge in [0.05, 0.1) is 24.9 Å². The minimum absolute atomic E-state index is 0.0250. The summed E-state index contributed by atoms with van der Waals surface area (Å²) in [6.45, 7) is 4.97. The van der Waals surface area contributed by atoms with Gasteiger partial charge in [0.2, 0.25) is 5.91 Å². The second-order valence-electron chi connectivity index (χ2n) is 11.9. The number of nitrogens with one attached hydrogen (secondary N) is 2. The second kappa shape index (κ2) is 15.7. The van der Waals surface area contributed by atoms with Gasteiger partial charge < -0.3 is 25.2 Å². The fourth-order valence-corrected chi connectivity index (χ4v) is 6.03. The summed E-state index contributed by atoms with van der Waals surface area (Å²) in [7, 11) is 1.36. The minimum Gasteiger partial charge on any atom is -0.452 e. The highest BCUT2D eigenvalue weighted by Crippen LogP contribution is 2.35. The normalized spacial score (nSPS) is 20.8. The van der Waals surface area contributed by atoms with Crippen molar-refractivity contribution in [3.05, 3.63) is 66.0 Å². The van der Waals surface area contributed by atoms with E-state index in [1.807, 2.05) is 49.2 Å². The van der Waals surface area contributed by atoms with E-state index in [-0.39, 0.29) is 19.1 Å². The molecule has 3 N–H and O–H groups in total. The maximum Gasteiger partial charge on any atom is 0.424 e. The number of rotatable bonds is 11. The fraction of sp³-hybridized carbons (Fsp3) is 0.562. The molecule has 0 bridgehead atoms. The summed E-state index contributed by atoms with van der Waals surface area (Å²) >= 11 is 0. The van der Waals surface area contributed by atoms with Crippen LogP contribution in [0.5, 0.6) is 0 Å². The van der Waals surface area contributed by atoms with Crippen LogP contribution in [0.25, 0.3) is 0 Å². The zero-order valence-electron chi connectivity index (χ0n) is 25.4. The molecule has 0 spiro atoms. The SMILES string of the molecule is COC(=O)N1CC2CCCCC2CN1CC(O)C(Cc1ccccc1)NC(=O)C(NC(=O)OCc1ccccn1)C(C)C. The van der Waals surface area contributed by atoms with Crippen LogP contribution in [-0.2, 0) is 27.3 Å². The zero-order chi connectivity index (χ0) is 30.8. The number of carbonyl (C=O) groups is 3. The molecule has 1 saturated heterocycles. The summed E-state index contributed by atoms with van der Waals surface area (Å²) in [6, 6.07) is 13.3. The molecule has 2 heterocycles. The lowest BCUT2D eigenvalue weighted by Crippen LogP contribution is -2.61. The number of hydrogen-bond donors (Lipinski definition) is 3. The number of benzene rings is 1. The first-order valence-electron chi connectivity index (χ1n) is 15.2. The van der Waals surface area contributed by atoms with Gasteiger partial charge in [-0.05, 0) is 54.7 Å². The van der Waals surface area contributed by atoms with Crippen molar-refractivity contribution in [2.24, 2.45) is 17.8 Å². The van der Waals surface area contributed by atoms with Crippen molar-refractivity contribution in [1.82, 2.24) is 25.6 Å². The molecule has 1 aromatic carbocycles. The Kier molecular flexibility index (Phi) is 11.7. The minimum atomic E-state index is -1.01. The van der Waals surface area contributed by atoms with Crippen LogP contribution in [0.4, 0.5) is 9.59 Å². The van der Waals surface area contributed by atoms with Crippen molar-refractivity contribution in [3.63, 3.8) is 0 Å². The molecule has 4 rings (SSSR count). The molecule has 5 unspecified atom stereocenters. The number of hydrazine groups is 1. The van der Waals surface area contributed by atoms with Crippen molar-refractivity contribution in [1.29, 1.82) is 0 Å². The standard InChI is InChI=1S/C32H45N5O6/c1-22(2)29(35-31(40)43-21-26-15-9-10-16-33-26)30(39)34-27(17-23-11-5-4-6-12-23)28(38)20-36-18-24-13-7-8-14-25(24)19-37(36)32(41)42-3/h4-6,9-12,15-16,22,24-25,27-29,38H,7-8,13-14,17-21H2,1-3H3,(H,34,39)(H,35,40). The van der Waals surface area contributed by atoms with Crippen molar-refractivity contribution < 1.29 is 29.0 Å². The van der Waals surface area contributed by atoms with Gasteiger partial charge in [-0.25, -0.2) is 19.6 Å². The molecule has 3 amide bonds. The number of carbonyl (C=O) groups excluding carboxylic acids is 3. The van der Waals surface area contributed by atoms with Crippen LogP contribution in [0.1, 0.15) is 50.8 Å². The van der Waals surface area contributed by atoms with Crippen molar-refractivity contribution in [2.75, 3.05) is 26.7 Å². The van der Waals surface area contributed by atoms with Gasteiger partial charge in [0.15, 0.2) is 0 Å². The van der Waals surface area contributed by atoms with Crippen molar-refractivity contribution in [2.45, 2.75) is 70.7 Å². The largest absolute Gasteiger partial charge is 0.452 e. The number of alkyl carbamates (subject to hydrolysis) is 1. The van der Waals surface area contributed by atoms with E-state index in [1.54, 1.807) is 29.4 Å². The molecular weight excluding hydrogens is 550 g/mol. The number of aromatic nitrogens is 1. The number of methoxy groups -OCH3 is 1. The number of pyridine rings is 1. The molecule has 43 heavy (non-hydrogen) atoms. The van der Waals surface area contributed by atoms with E-state index in [0.717, 1.165) is 31.2 Å². The molecule has 2 aliphatic rings. The third-order valence-corrected chi connectivity index (χ3v) is 8.43.